The predicted octanol–water partition coefficient (Wildman–Crippen LogP) is 2.96. The van der Waals surface area contributed by atoms with Crippen LogP contribution in [0.1, 0.15) is 32.1 Å². The zero-order chi connectivity index (χ0) is 17.4. The summed E-state index contributed by atoms with van der Waals surface area (Å²) in [7, 11) is 1.69. The van der Waals surface area contributed by atoms with Gasteiger partial charge in [0.15, 0.2) is 0 Å². The van der Waals surface area contributed by atoms with Crippen molar-refractivity contribution < 1.29 is 4.74 Å². The highest BCUT2D eigenvalue weighted by atomic mass is 16.5. The van der Waals surface area contributed by atoms with Gasteiger partial charge in [0.2, 0.25) is 11.9 Å². The molecule has 1 heterocycles. The first-order valence-corrected chi connectivity index (χ1v) is 8.70. The molecule has 0 amide bonds. The Morgan fingerprint density at radius 2 is 1.72 bits per heavy atom. The Bertz CT molecular complexity index is 867. The van der Waals surface area contributed by atoms with Crippen LogP contribution in [0.15, 0.2) is 46.4 Å². The highest BCUT2D eigenvalue weighted by Gasteiger charge is 2.43. The number of hydrogen-bond donors (Lipinski definition) is 2. The van der Waals surface area contributed by atoms with Gasteiger partial charge in [-0.3, -0.25) is 4.90 Å². The molecule has 1 fully saturated rings. The first kappa shape index (κ1) is 15.7. The van der Waals surface area contributed by atoms with Crippen LogP contribution in [0.4, 0.5) is 5.69 Å². The fourth-order valence-corrected chi connectivity index (χ4v) is 4.11. The Kier molecular flexibility index (Phi) is 3.75. The second kappa shape index (κ2) is 5.95. The molecule has 25 heavy (non-hydrogen) atoms. The van der Waals surface area contributed by atoms with Crippen molar-refractivity contribution in [1.82, 2.24) is 0 Å². The highest BCUT2D eigenvalue weighted by molar-refractivity contribution is 6.11. The van der Waals surface area contributed by atoms with Gasteiger partial charge in [-0.1, -0.05) is 30.7 Å². The van der Waals surface area contributed by atoms with E-state index >= 15 is 0 Å². The third kappa shape index (κ3) is 2.49. The van der Waals surface area contributed by atoms with Crippen molar-refractivity contribution in [1.29, 1.82) is 0 Å². The second-order valence-corrected chi connectivity index (χ2v) is 6.65. The monoisotopic (exact) mass is 337 g/mol. The van der Waals surface area contributed by atoms with Gasteiger partial charge in [-0.05, 0) is 37.8 Å². The van der Waals surface area contributed by atoms with E-state index in [0.29, 0.717) is 5.96 Å². The maximum atomic E-state index is 6.35. The van der Waals surface area contributed by atoms with Crippen LogP contribution in [0, 0.1) is 0 Å². The van der Waals surface area contributed by atoms with Crippen molar-refractivity contribution in [2.45, 2.75) is 37.8 Å². The number of ether oxygens (including phenoxy) is 1. The Hall–Kier alpha value is -2.76. The predicted molar refractivity (Wildman–Crippen MR) is 102 cm³/mol. The summed E-state index contributed by atoms with van der Waals surface area (Å²) in [4.78, 5) is 11.1. The van der Waals surface area contributed by atoms with Crippen molar-refractivity contribution in [3.63, 3.8) is 0 Å². The summed E-state index contributed by atoms with van der Waals surface area (Å²) < 4.78 is 5.52. The Labute approximate surface area is 147 Å². The van der Waals surface area contributed by atoms with Gasteiger partial charge >= 0.3 is 0 Å². The molecule has 0 saturated heterocycles. The van der Waals surface area contributed by atoms with E-state index in [1.165, 1.54) is 6.42 Å². The lowest BCUT2D eigenvalue weighted by atomic mass is 9.87. The van der Waals surface area contributed by atoms with Gasteiger partial charge in [-0.25, -0.2) is 4.99 Å². The van der Waals surface area contributed by atoms with E-state index < -0.39 is 5.66 Å². The number of rotatable bonds is 2. The molecule has 2 aliphatic rings. The molecule has 1 aliphatic heterocycles. The van der Waals surface area contributed by atoms with Crippen LogP contribution in [0.25, 0.3) is 10.8 Å². The molecule has 6 nitrogen and oxygen atoms in total. The van der Waals surface area contributed by atoms with E-state index in [4.69, 9.17) is 21.2 Å². The third-order valence-electron chi connectivity index (χ3n) is 5.17. The molecule has 0 unspecified atom stereocenters. The normalized spacial score (nSPS) is 19.6. The van der Waals surface area contributed by atoms with Crippen molar-refractivity contribution in [3.05, 3.63) is 36.4 Å². The zero-order valence-corrected chi connectivity index (χ0v) is 14.4. The van der Waals surface area contributed by atoms with Crippen LogP contribution in [-0.4, -0.2) is 24.7 Å². The SMILES string of the molecule is COc1cccc2c(N3C(N)=NC(N)=NC34CCCCC4)cccc12. The molecule has 1 saturated carbocycles. The van der Waals surface area contributed by atoms with Gasteiger partial charge in [0.1, 0.15) is 11.4 Å². The Morgan fingerprint density at radius 1 is 1.00 bits per heavy atom. The number of nitrogens with two attached hydrogens (primary N) is 2. The molecule has 6 heteroatoms. The molecule has 1 aliphatic carbocycles. The summed E-state index contributed by atoms with van der Waals surface area (Å²) in [6.45, 7) is 0. The van der Waals surface area contributed by atoms with Crippen LogP contribution >= 0.6 is 0 Å². The van der Waals surface area contributed by atoms with Gasteiger partial charge in [0, 0.05) is 10.8 Å². The number of fused-ring (bicyclic) bond motifs is 1. The van der Waals surface area contributed by atoms with Crippen LogP contribution in [0.3, 0.4) is 0 Å². The molecule has 0 atom stereocenters. The number of methoxy groups -OCH3 is 1. The average molecular weight is 337 g/mol. The molecule has 2 aromatic carbocycles. The lowest BCUT2D eigenvalue weighted by molar-refractivity contribution is 0.306. The first-order chi connectivity index (χ1) is 12.1. The molecule has 4 rings (SSSR count). The summed E-state index contributed by atoms with van der Waals surface area (Å²) in [6.07, 6.45) is 5.27. The molecule has 0 radical (unpaired) electrons. The zero-order valence-electron chi connectivity index (χ0n) is 14.4. The molecule has 0 bridgehead atoms. The maximum Gasteiger partial charge on any atom is 0.220 e. The van der Waals surface area contributed by atoms with Crippen LogP contribution in [0.5, 0.6) is 5.75 Å². The van der Waals surface area contributed by atoms with Crippen LogP contribution in [-0.2, 0) is 0 Å². The highest BCUT2D eigenvalue weighted by Crippen LogP contribution is 2.42. The number of hydrogen-bond acceptors (Lipinski definition) is 6. The van der Waals surface area contributed by atoms with Crippen LogP contribution < -0.4 is 21.1 Å². The summed E-state index contributed by atoms with van der Waals surface area (Å²) >= 11 is 0. The number of guanidine groups is 2. The first-order valence-electron chi connectivity index (χ1n) is 8.70. The summed E-state index contributed by atoms with van der Waals surface area (Å²) in [5.41, 5.74) is 12.9. The van der Waals surface area contributed by atoms with Gasteiger partial charge in [-0.15, -0.1) is 0 Å². The minimum atomic E-state index is -0.439. The average Bonchev–Trinajstić information content (AvgIpc) is 2.61. The number of aliphatic imine (C=N–C) groups is 2. The van der Waals surface area contributed by atoms with Gasteiger partial charge in [0.05, 0.1) is 12.8 Å². The summed E-state index contributed by atoms with van der Waals surface area (Å²) in [6, 6.07) is 12.2. The fraction of sp³-hybridized carbons (Fsp3) is 0.368. The van der Waals surface area contributed by atoms with E-state index in [0.717, 1.165) is 47.9 Å². The fourth-order valence-electron chi connectivity index (χ4n) is 4.11. The van der Waals surface area contributed by atoms with Crippen LogP contribution in [0.2, 0.25) is 0 Å². The molecule has 4 N–H and O–H groups in total. The van der Waals surface area contributed by atoms with E-state index in [2.05, 4.69) is 28.1 Å². The molecular weight excluding hydrogens is 314 g/mol. The van der Waals surface area contributed by atoms with E-state index in [1.807, 2.05) is 18.2 Å². The van der Waals surface area contributed by atoms with Crippen molar-refractivity contribution in [2.24, 2.45) is 21.5 Å². The summed E-state index contributed by atoms with van der Waals surface area (Å²) in [5, 5.41) is 2.12. The smallest absolute Gasteiger partial charge is 0.220 e. The van der Waals surface area contributed by atoms with Crippen molar-refractivity contribution in [3.8, 4) is 5.75 Å². The lowest BCUT2D eigenvalue weighted by Crippen LogP contribution is -2.58. The quantitative estimate of drug-likeness (QED) is 0.881. The molecule has 1 spiro atoms. The largest absolute Gasteiger partial charge is 0.496 e. The number of anilines is 1. The lowest BCUT2D eigenvalue weighted by Gasteiger charge is -2.46. The summed E-state index contributed by atoms with van der Waals surface area (Å²) in [5.74, 6) is 1.52. The molecule has 0 aromatic heterocycles. The third-order valence-corrected chi connectivity index (χ3v) is 5.17. The minimum Gasteiger partial charge on any atom is -0.496 e. The second-order valence-electron chi connectivity index (χ2n) is 6.65. The van der Waals surface area contributed by atoms with Gasteiger partial charge in [-0.2, -0.15) is 4.99 Å². The maximum absolute atomic E-state index is 6.35. The number of benzene rings is 2. The standard InChI is InChI=1S/C19H23N5O/c1-25-16-10-6-7-13-14(16)8-5-9-15(13)24-18(21)22-17(20)23-19(24)11-3-2-4-12-19/h5-10H,2-4,11-12H2,1H3,(H4,20,21,22,23). The van der Waals surface area contributed by atoms with E-state index in [1.54, 1.807) is 7.11 Å². The van der Waals surface area contributed by atoms with E-state index in [-0.39, 0.29) is 5.96 Å². The van der Waals surface area contributed by atoms with Crippen molar-refractivity contribution in [2.75, 3.05) is 12.0 Å². The minimum absolute atomic E-state index is 0.272. The van der Waals surface area contributed by atoms with Gasteiger partial charge in [0.25, 0.3) is 0 Å². The van der Waals surface area contributed by atoms with Crippen molar-refractivity contribution >= 4 is 28.4 Å². The molecule has 2 aromatic rings. The van der Waals surface area contributed by atoms with E-state index in [9.17, 15) is 0 Å². The molecular formula is C19H23N5O. The van der Waals surface area contributed by atoms with Gasteiger partial charge < -0.3 is 16.2 Å². The Morgan fingerprint density at radius 3 is 2.48 bits per heavy atom. The number of nitrogens with zero attached hydrogens (tertiary/aromatic N) is 3. The Balaban J connectivity index is 1.93. The molecule has 130 valence electrons. The topological polar surface area (TPSA) is 89.2 Å².